The largest absolute Gasteiger partial charge is 0.481 e. The lowest BCUT2D eigenvalue weighted by Gasteiger charge is -2.25. The maximum Gasteiger partial charge on any atom is 0.267 e. The first kappa shape index (κ1) is 20.5. The van der Waals surface area contributed by atoms with Crippen LogP contribution in [0.1, 0.15) is 18.9 Å². The van der Waals surface area contributed by atoms with Crippen molar-refractivity contribution in [1.82, 2.24) is 0 Å². The van der Waals surface area contributed by atoms with Gasteiger partial charge in [0.05, 0.1) is 17.4 Å². The van der Waals surface area contributed by atoms with Crippen LogP contribution in [0.4, 0.5) is 5.69 Å². The first-order chi connectivity index (χ1) is 12.7. The molecule has 2 aromatic rings. The molecule has 0 saturated carbocycles. The predicted octanol–water partition coefficient (Wildman–Crippen LogP) is 3.11. The third-order valence-electron chi connectivity index (χ3n) is 3.97. The van der Waals surface area contributed by atoms with Crippen LogP contribution in [0.3, 0.4) is 0 Å². The van der Waals surface area contributed by atoms with Gasteiger partial charge in [0.15, 0.2) is 15.9 Å². The van der Waals surface area contributed by atoms with Crippen molar-refractivity contribution in [3.63, 3.8) is 0 Å². The summed E-state index contributed by atoms with van der Waals surface area (Å²) in [7, 11) is -3.29. The summed E-state index contributed by atoms with van der Waals surface area (Å²) in [5.41, 5.74) is 1.77. The lowest BCUT2D eigenvalue weighted by atomic mass is 10.2. The topological polar surface area (TPSA) is 87.5 Å². The number of ether oxygens (including phenoxy) is 1. The van der Waals surface area contributed by atoms with Crippen LogP contribution in [0, 0.1) is 18.3 Å². The summed E-state index contributed by atoms with van der Waals surface area (Å²) in [6.45, 7) is 3.84. The van der Waals surface area contributed by atoms with Crippen molar-refractivity contribution in [2.24, 2.45) is 0 Å². The van der Waals surface area contributed by atoms with Crippen LogP contribution in [0.5, 0.6) is 5.75 Å². The SMILES string of the molecule is Cc1ccc(N(CCC#N)C(=O)C(C)Oc2ccc(S(C)(=O)=O)cc2)cc1. The number of benzene rings is 2. The zero-order valence-corrected chi connectivity index (χ0v) is 16.4. The van der Waals surface area contributed by atoms with Crippen molar-refractivity contribution >= 4 is 21.4 Å². The molecule has 0 radical (unpaired) electrons. The number of carbonyl (C=O) groups excluding carboxylic acids is 1. The third-order valence-corrected chi connectivity index (χ3v) is 5.10. The monoisotopic (exact) mass is 386 g/mol. The average Bonchev–Trinajstić information content (AvgIpc) is 2.63. The Hall–Kier alpha value is -2.85. The van der Waals surface area contributed by atoms with E-state index in [4.69, 9.17) is 10.00 Å². The Morgan fingerprint density at radius 3 is 2.26 bits per heavy atom. The van der Waals surface area contributed by atoms with Gasteiger partial charge in [-0.3, -0.25) is 4.79 Å². The van der Waals surface area contributed by atoms with E-state index >= 15 is 0 Å². The van der Waals surface area contributed by atoms with E-state index in [0.29, 0.717) is 11.4 Å². The highest BCUT2D eigenvalue weighted by Gasteiger charge is 2.23. The van der Waals surface area contributed by atoms with Gasteiger partial charge in [0.25, 0.3) is 5.91 Å². The fourth-order valence-corrected chi connectivity index (χ4v) is 3.12. The molecule has 0 bridgehead atoms. The van der Waals surface area contributed by atoms with Gasteiger partial charge >= 0.3 is 0 Å². The quantitative estimate of drug-likeness (QED) is 0.730. The first-order valence-corrected chi connectivity index (χ1v) is 10.3. The van der Waals surface area contributed by atoms with Gasteiger partial charge < -0.3 is 9.64 Å². The number of sulfone groups is 1. The van der Waals surface area contributed by atoms with Gasteiger partial charge in [-0.2, -0.15) is 5.26 Å². The molecule has 2 aromatic carbocycles. The second kappa shape index (κ2) is 8.69. The van der Waals surface area contributed by atoms with Crippen molar-refractivity contribution in [3.8, 4) is 11.8 Å². The molecule has 2 rings (SSSR count). The lowest BCUT2D eigenvalue weighted by molar-refractivity contribution is -0.124. The summed E-state index contributed by atoms with van der Waals surface area (Å²) in [5.74, 6) is 0.119. The van der Waals surface area contributed by atoms with Crippen LogP contribution >= 0.6 is 0 Å². The molecule has 27 heavy (non-hydrogen) atoms. The summed E-state index contributed by atoms with van der Waals surface area (Å²) >= 11 is 0. The van der Waals surface area contributed by atoms with Crippen LogP contribution < -0.4 is 9.64 Å². The van der Waals surface area contributed by atoms with E-state index in [9.17, 15) is 13.2 Å². The Labute approximate surface area is 159 Å². The van der Waals surface area contributed by atoms with Crippen molar-refractivity contribution in [2.75, 3.05) is 17.7 Å². The molecule has 1 atom stereocenters. The number of aryl methyl sites for hydroxylation is 1. The number of anilines is 1. The van der Waals surface area contributed by atoms with Crippen molar-refractivity contribution < 1.29 is 17.9 Å². The molecule has 0 heterocycles. The molecule has 1 unspecified atom stereocenters. The molecular formula is C20H22N2O4S. The van der Waals surface area contributed by atoms with Crippen molar-refractivity contribution in [3.05, 3.63) is 54.1 Å². The van der Waals surface area contributed by atoms with Gasteiger partial charge in [-0.05, 0) is 50.2 Å². The molecular weight excluding hydrogens is 364 g/mol. The summed E-state index contributed by atoms with van der Waals surface area (Å²) in [4.78, 5) is 14.6. The Morgan fingerprint density at radius 1 is 1.15 bits per heavy atom. The number of hydrogen-bond acceptors (Lipinski definition) is 5. The smallest absolute Gasteiger partial charge is 0.267 e. The molecule has 0 N–H and O–H groups in total. The normalized spacial score (nSPS) is 12.1. The lowest BCUT2D eigenvalue weighted by Crippen LogP contribution is -2.41. The van der Waals surface area contributed by atoms with E-state index in [0.717, 1.165) is 11.8 Å². The average molecular weight is 386 g/mol. The molecule has 0 spiro atoms. The molecule has 7 heteroatoms. The number of carbonyl (C=O) groups is 1. The number of amides is 1. The van der Waals surface area contributed by atoms with Crippen LogP contribution in [0.15, 0.2) is 53.4 Å². The Kier molecular flexibility index (Phi) is 6.59. The predicted molar refractivity (Wildman–Crippen MR) is 103 cm³/mol. The molecule has 142 valence electrons. The first-order valence-electron chi connectivity index (χ1n) is 8.44. The molecule has 0 aromatic heterocycles. The van der Waals surface area contributed by atoms with Crippen molar-refractivity contribution in [1.29, 1.82) is 5.26 Å². The van der Waals surface area contributed by atoms with E-state index in [2.05, 4.69) is 6.07 Å². The van der Waals surface area contributed by atoms with Crippen LogP contribution in [-0.2, 0) is 14.6 Å². The van der Waals surface area contributed by atoms with E-state index < -0.39 is 15.9 Å². The summed E-state index contributed by atoms with van der Waals surface area (Å²) in [5, 5.41) is 8.89. The summed E-state index contributed by atoms with van der Waals surface area (Å²) < 4.78 is 28.7. The Balaban J connectivity index is 2.16. The fourth-order valence-electron chi connectivity index (χ4n) is 2.49. The van der Waals surface area contributed by atoms with E-state index in [1.165, 1.54) is 29.2 Å². The third kappa shape index (κ3) is 5.56. The number of nitriles is 1. The Morgan fingerprint density at radius 2 is 1.74 bits per heavy atom. The maximum absolute atomic E-state index is 12.9. The zero-order valence-electron chi connectivity index (χ0n) is 15.5. The number of rotatable bonds is 7. The fraction of sp³-hybridized carbons (Fsp3) is 0.300. The van der Waals surface area contributed by atoms with Gasteiger partial charge in [0.2, 0.25) is 0 Å². The van der Waals surface area contributed by atoms with Crippen LogP contribution in [0.25, 0.3) is 0 Å². The molecule has 0 aliphatic heterocycles. The van der Waals surface area contributed by atoms with Gasteiger partial charge in [-0.15, -0.1) is 0 Å². The van der Waals surface area contributed by atoms with Crippen LogP contribution in [0.2, 0.25) is 0 Å². The second-order valence-corrected chi connectivity index (χ2v) is 8.25. The van der Waals surface area contributed by atoms with Crippen LogP contribution in [-0.4, -0.2) is 33.2 Å². The molecule has 6 nitrogen and oxygen atoms in total. The highest BCUT2D eigenvalue weighted by Crippen LogP contribution is 2.20. The highest BCUT2D eigenvalue weighted by molar-refractivity contribution is 7.90. The van der Waals surface area contributed by atoms with E-state index in [1.807, 2.05) is 31.2 Å². The van der Waals surface area contributed by atoms with E-state index in [1.54, 1.807) is 6.92 Å². The van der Waals surface area contributed by atoms with E-state index in [-0.39, 0.29) is 23.8 Å². The zero-order chi connectivity index (χ0) is 20.0. The molecule has 0 fully saturated rings. The van der Waals surface area contributed by atoms with Gasteiger partial charge in [0, 0.05) is 18.5 Å². The number of hydrogen-bond donors (Lipinski definition) is 0. The second-order valence-electron chi connectivity index (χ2n) is 6.24. The minimum atomic E-state index is -3.29. The van der Waals surface area contributed by atoms with Gasteiger partial charge in [0.1, 0.15) is 5.75 Å². The number of nitrogens with zero attached hydrogens (tertiary/aromatic N) is 2. The maximum atomic E-state index is 12.9. The molecule has 0 aliphatic carbocycles. The Bertz CT molecular complexity index is 929. The molecule has 1 amide bonds. The standard InChI is InChI=1S/C20H22N2O4S/c1-15-5-7-17(8-6-15)22(14-4-13-21)20(23)16(2)26-18-9-11-19(12-10-18)27(3,24)25/h5-12,16H,4,14H2,1-3H3. The minimum Gasteiger partial charge on any atom is -0.481 e. The van der Waals surface area contributed by atoms with Gasteiger partial charge in [-0.25, -0.2) is 8.42 Å². The molecule has 0 saturated heterocycles. The highest BCUT2D eigenvalue weighted by atomic mass is 32.2. The summed E-state index contributed by atoms with van der Waals surface area (Å²) in [6, 6.07) is 15.4. The summed E-state index contributed by atoms with van der Waals surface area (Å²) in [6.07, 6.45) is 0.535. The van der Waals surface area contributed by atoms with Gasteiger partial charge in [-0.1, -0.05) is 17.7 Å². The molecule has 0 aliphatic rings. The van der Waals surface area contributed by atoms with Crippen molar-refractivity contribution in [2.45, 2.75) is 31.3 Å². The minimum absolute atomic E-state index is 0.184.